The molecular weight excluding hydrogens is 450 g/mol. The predicted molar refractivity (Wildman–Crippen MR) is 136 cm³/mol. The molecule has 6 nitrogen and oxygen atoms in total. The lowest BCUT2D eigenvalue weighted by molar-refractivity contribution is 0.217. The summed E-state index contributed by atoms with van der Waals surface area (Å²) in [6.07, 6.45) is 2.69. The van der Waals surface area contributed by atoms with Gasteiger partial charge in [0.15, 0.2) is 5.76 Å². The Hall–Kier alpha value is -3.90. The fourth-order valence-corrected chi connectivity index (χ4v) is 3.77. The molecule has 5 rings (SSSR count). The number of fused-ring (bicyclic) bond motifs is 2. The Morgan fingerprint density at radius 2 is 1.91 bits per heavy atom. The number of ether oxygens (including phenoxy) is 1. The number of nitrogens with zero attached hydrogens (tertiary/aromatic N) is 3. The van der Waals surface area contributed by atoms with E-state index in [0.29, 0.717) is 33.1 Å². The molecule has 170 valence electrons. The summed E-state index contributed by atoms with van der Waals surface area (Å²) in [5, 5.41) is 6.38. The van der Waals surface area contributed by atoms with E-state index in [1.54, 1.807) is 42.6 Å². The Morgan fingerprint density at radius 3 is 2.71 bits per heavy atom. The van der Waals surface area contributed by atoms with Crippen molar-refractivity contribution in [1.29, 1.82) is 0 Å². The first-order chi connectivity index (χ1) is 16.5. The van der Waals surface area contributed by atoms with E-state index in [9.17, 15) is 4.79 Å². The van der Waals surface area contributed by atoms with Crippen LogP contribution in [0.25, 0.3) is 33.5 Å². The molecule has 0 saturated heterocycles. The van der Waals surface area contributed by atoms with Gasteiger partial charge in [-0.25, -0.2) is 4.98 Å². The largest absolute Gasteiger partial charge is 0.491 e. The van der Waals surface area contributed by atoms with Gasteiger partial charge < -0.3 is 9.15 Å². The molecule has 3 aromatic carbocycles. The highest BCUT2D eigenvalue weighted by molar-refractivity contribution is 6.31. The number of halogens is 1. The maximum absolute atomic E-state index is 13.3. The minimum atomic E-state index is -0.285. The summed E-state index contributed by atoms with van der Waals surface area (Å²) in [6.45, 7) is 4.11. The SMILES string of the molecule is CC[C@@H](C)Oc1ccc(C=Nn2c(-c3cc4cc(Cl)ccc4o3)nc3ccccc3c2=O)cc1. The molecule has 0 bridgehead atoms. The number of hydrogen-bond donors (Lipinski definition) is 0. The Balaban J connectivity index is 1.59. The van der Waals surface area contributed by atoms with Gasteiger partial charge in [0.25, 0.3) is 5.56 Å². The van der Waals surface area contributed by atoms with Gasteiger partial charge in [-0.05, 0) is 79.6 Å². The number of hydrogen-bond acceptors (Lipinski definition) is 5. The molecule has 0 aliphatic rings. The van der Waals surface area contributed by atoms with Gasteiger partial charge in [0, 0.05) is 10.4 Å². The van der Waals surface area contributed by atoms with Crippen molar-refractivity contribution in [1.82, 2.24) is 9.66 Å². The van der Waals surface area contributed by atoms with Gasteiger partial charge in [0.05, 0.1) is 23.2 Å². The Bertz CT molecular complexity index is 1570. The molecule has 0 radical (unpaired) electrons. The van der Waals surface area contributed by atoms with Crippen LogP contribution in [0, 0.1) is 0 Å². The molecule has 0 unspecified atom stereocenters. The summed E-state index contributed by atoms with van der Waals surface area (Å²) in [7, 11) is 0. The number of rotatable bonds is 6. The number of para-hydroxylation sites is 1. The van der Waals surface area contributed by atoms with E-state index >= 15 is 0 Å². The average molecular weight is 472 g/mol. The lowest BCUT2D eigenvalue weighted by Gasteiger charge is -2.12. The van der Waals surface area contributed by atoms with E-state index in [-0.39, 0.29) is 11.7 Å². The molecule has 34 heavy (non-hydrogen) atoms. The molecule has 2 heterocycles. The first-order valence-electron chi connectivity index (χ1n) is 11.0. The molecule has 7 heteroatoms. The average Bonchev–Trinajstić information content (AvgIpc) is 3.27. The van der Waals surface area contributed by atoms with Gasteiger partial charge in [0.1, 0.15) is 11.3 Å². The van der Waals surface area contributed by atoms with Gasteiger partial charge in [-0.15, -0.1) is 0 Å². The Morgan fingerprint density at radius 1 is 1.12 bits per heavy atom. The zero-order valence-corrected chi connectivity index (χ0v) is 19.5. The molecule has 0 spiro atoms. The maximum Gasteiger partial charge on any atom is 0.282 e. The zero-order chi connectivity index (χ0) is 23.7. The van der Waals surface area contributed by atoms with Gasteiger partial charge in [-0.1, -0.05) is 30.7 Å². The van der Waals surface area contributed by atoms with Crippen LogP contribution in [0.5, 0.6) is 5.75 Å². The Labute approximate surface area is 201 Å². The summed E-state index contributed by atoms with van der Waals surface area (Å²) in [5.41, 5.74) is 1.75. The lowest BCUT2D eigenvalue weighted by Crippen LogP contribution is -2.20. The smallest absolute Gasteiger partial charge is 0.282 e. The third-order valence-corrected chi connectivity index (χ3v) is 5.80. The predicted octanol–water partition coefficient (Wildman–Crippen LogP) is 6.52. The minimum Gasteiger partial charge on any atom is -0.491 e. The highest BCUT2D eigenvalue weighted by Gasteiger charge is 2.16. The molecule has 0 fully saturated rings. The fraction of sp³-hybridized carbons (Fsp3) is 0.148. The van der Waals surface area contributed by atoms with E-state index in [4.69, 9.17) is 25.7 Å². The third-order valence-electron chi connectivity index (χ3n) is 5.57. The summed E-state index contributed by atoms with van der Waals surface area (Å²) in [5.74, 6) is 1.52. The summed E-state index contributed by atoms with van der Waals surface area (Å²) in [6, 6.07) is 21.9. The Kier molecular flexibility index (Phi) is 5.90. The van der Waals surface area contributed by atoms with Crippen LogP contribution >= 0.6 is 11.6 Å². The van der Waals surface area contributed by atoms with Gasteiger partial charge in [-0.2, -0.15) is 9.78 Å². The molecule has 0 aliphatic heterocycles. The molecular formula is C27H22ClN3O3. The van der Waals surface area contributed by atoms with E-state index < -0.39 is 0 Å². The van der Waals surface area contributed by atoms with Crippen LogP contribution in [0.1, 0.15) is 25.8 Å². The minimum absolute atomic E-state index is 0.142. The van der Waals surface area contributed by atoms with E-state index in [1.807, 2.05) is 43.3 Å². The van der Waals surface area contributed by atoms with Gasteiger partial charge in [-0.3, -0.25) is 4.79 Å². The van der Waals surface area contributed by atoms with Crippen molar-refractivity contribution in [2.45, 2.75) is 26.4 Å². The molecule has 2 aromatic heterocycles. The monoisotopic (exact) mass is 471 g/mol. The van der Waals surface area contributed by atoms with Crippen LogP contribution in [0.3, 0.4) is 0 Å². The second-order valence-electron chi connectivity index (χ2n) is 8.01. The third kappa shape index (κ3) is 4.32. The van der Waals surface area contributed by atoms with Crippen LogP contribution in [-0.2, 0) is 0 Å². The maximum atomic E-state index is 13.3. The molecule has 1 atom stereocenters. The lowest BCUT2D eigenvalue weighted by atomic mass is 10.2. The standard InChI is InChI=1S/C27H22ClN3O3/c1-3-17(2)33-21-11-8-18(9-12-21)16-29-31-26(30-23-7-5-4-6-22(23)27(31)32)25-15-19-14-20(28)10-13-24(19)34-25/h4-17H,3H2,1-2H3/t17-/m1/s1. The van der Waals surface area contributed by atoms with Crippen molar-refractivity contribution >= 4 is 39.7 Å². The van der Waals surface area contributed by atoms with Crippen LogP contribution in [0.2, 0.25) is 5.02 Å². The van der Waals surface area contributed by atoms with E-state index in [0.717, 1.165) is 23.1 Å². The van der Waals surface area contributed by atoms with Crippen LogP contribution in [0.4, 0.5) is 0 Å². The van der Waals surface area contributed by atoms with Crippen molar-refractivity contribution in [3.05, 3.63) is 93.7 Å². The van der Waals surface area contributed by atoms with Gasteiger partial charge in [0.2, 0.25) is 5.82 Å². The fourth-order valence-electron chi connectivity index (χ4n) is 3.59. The highest BCUT2D eigenvalue weighted by atomic mass is 35.5. The quantitative estimate of drug-likeness (QED) is 0.264. The summed E-state index contributed by atoms with van der Waals surface area (Å²) < 4.78 is 13.1. The first kappa shape index (κ1) is 21.9. The molecule has 0 N–H and O–H groups in total. The second kappa shape index (κ2) is 9.15. The van der Waals surface area contributed by atoms with Gasteiger partial charge >= 0.3 is 0 Å². The molecule has 0 aliphatic carbocycles. The summed E-state index contributed by atoms with van der Waals surface area (Å²) >= 11 is 6.13. The van der Waals surface area contributed by atoms with E-state index in [1.165, 1.54) is 4.68 Å². The number of furan rings is 1. The topological polar surface area (TPSA) is 69.6 Å². The van der Waals surface area contributed by atoms with Crippen LogP contribution < -0.4 is 10.3 Å². The molecule has 0 saturated carbocycles. The second-order valence-corrected chi connectivity index (χ2v) is 8.45. The van der Waals surface area contributed by atoms with Crippen molar-refractivity contribution < 1.29 is 9.15 Å². The van der Waals surface area contributed by atoms with Crippen molar-refractivity contribution in [3.63, 3.8) is 0 Å². The van der Waals surface area contributed by atoms with Crippen molar-refractivity contribution in [3.8, 4) is 17.3 Å². The first-order valence-corrected chi connectivity index (χ1v) is 11.4. The summed E-state index contributed by atoms with van der Waals surface area (Å²) in [4.78, 5) is 18.0. The molecule has 0 amide bonds. The van der Waals surface area contributed by atoms with Crippen LogP contribution in [-0.4, -0.2) is 22.0 Å². The van der Waals surface area contributed by atoms with E-state index in [2.05, 4.69) is 12.0 Å². The van der Waals surface area contributed by atoms with Crippen molar-refractivity contribution in [2.75, 3.05) is 0 Å². The van der Waals surface area contributed by atoms with Crippen LogP contribution in [0.15, 0.2) is 87.1 Å². The highest BCUT2D eigenvalue weighted by Crippen LogP contribution is 2.29. The molecule has 5 aromatic rings. The normalized spacial score (nSPS) is 12.6. The number of aromatic nitrogens is 2. The van der Waals surface area contributed by atoms with Crippen molar-refractivity contribution in [2.24, 2.45) is 5.10 Å². The number of benzene rings is 3. The zero-order valence-electron chi connectivity index (χ0n) is 18.7.